The van der Waals surface area contributed by atoms with Gasteiger partial charge in [0.2, 0.25) is 0 Å². The minimum atomic E-state index is -0.689. The standard InChI is InChI=1S/C18H17NO2/c1-3-5-6-7-8-17(20)16(4-2)18(21)15-11-9-14(13-19)10-12-15/h3,5-12,16H,1,4H2,2H3/b6-5-,8-7+. The van der Waals surface area contributed by atoms with Crippen molar-refractivity contribution in [3.63, 3.8) is 0 Å². The number of Topliss-reactive ketones (excluding diaryl/α,β-unsaturated/α-hetero) is 1. The Hall–Kier alpha value is -2.73. The first-order chi connectivity index (χ1) is 10.1. The molecule has 106 valence electrons. The molecule has 3 heteroatoms. The van der Waals surface area contributed by atoms with Crippen molar-refractivity contribution in [3.05, 3.63) is 72.4 Å². The van der Waals surface area contributed by atoms with Crippen LogP contribution in [0.2, 0.25) is 0 Å². The molecule has 0 radical (unpaired) electrons. The van der Waals surface area contributed by atoms with Crippen LogP contribution in [0.1, 0.15) is 29.3 Å². The highest BCUT2D eigenvalue weighted by Gasteiger charge is 2.23. The zero-order chi connectivity index (χ0) is 15.7. The molecule has 1 rings (SSSR count). The molecule has 0 aliphatic carbocycles. The van der Waals surface area contributed by atoms with Gasteiger partial charge in [0.25, 0.3) is 0 Å². The van der Waals surface area contributed by atoms with Crippen molar-refractivity contribution in [2.24, 2.45) is 5.92 Å². The second-order valence-electron chi connectivity index (χ2n) is 4.40. The number of hydrogen-bond donors (Lipinski definition) is 0. The number of carbonyl (C=O) groups excluding carboxylic acids is 2. The molecule has 1 aromatic carbocycles. The maximum Gasteiger partial charge on any atom is 0.173 e. The number of hydrogen-bond acceptors (Lipinski definition) is 3. The van der Waals surface area contributed by atoms with Gasteiger partial charge in [0.1, 0.15) is 0 Å². The van der Waals surface area contributed by atoms with Crippen LogP contribution in [0.25, 0.3) is 0 Å². The van der Waals surface area contributed by atoms with Gasteiger partial charge < -0.3 is 0 Å². The van der Waals surface area contributed by atoms with Gasteiger partial charge >= 0.3 is 0 Å². The van der Waals surface area contributed by atoms with Crippen LogP contribution in [0.5, 0.6) is 0 Å². The van der Waals surface area contributed by atoms with Crippen LogP contribution in [0.3, 0.4) is 0 Å². The largest absolute Gasteiger partial charge is 0.294 e. The summed E-state index contributed by atoms with van der Waals surface area (Å²) >= 11 is 0. The van der Waals surface area contributed by atoms with Crippen LogP contribution in [0, 0.1) is 17.2 Å². The molecular formula is C18H17NO2. The van der Waals surface area contributed by atoms with Gasteiger partial charge in [-0.25, -0.2) is 0 Å². The fourth-order valence-corrected chi connectivity index (χ4v) is 1.84. The third-order valence-corrected chi connectivity index (χ3v) is 2.99. The minimum absolute atomic E-state index is 0.218. The Labute approximate surface area is 124 Å². The first-order valence-electron chi connectivity index (χ1n) is 6.68. The zero-order valence-electron chi connectivity index (χ0n) is 12.0. The average molecular weight is 279 g/mol. The molecule has 3 nitrogen and oxygen atoms in total. The van der Waals surface area contributed by atoms with E-state index in [4.69, 9.17) is 5.26 Å². The monoisotopic (exact) mass is 279 g/mol. The van der Waals surface area contributed by atoms with E-state index in [2.05, 4.69) is 6.58 Å². The van der Waals surface area contributed by atoms with E-state index in [0.29, 0.717) is 17.5 Å². The van der Waals surface area contributed by atoms with Crippen molar-refractivity contribution in [2.45, 2.75) is 13.3 Å². The van der Waals surface area contributed by atoms with E-state index in [0.717, 1.165) is 0 Å². The lowest BCUT2D eigenvalue weighted by Crippen LogP contribution is -2.22. The summed E-state index contributed by atoms with van der Waals surface area (Å²) in [5.74, 6) is -1.13. The van der Waals surface area contributed by atoms with Gasteiger partial charge in [0.15, 0.2) is 11.6 Å². The molecule has 1 aromatic rings. The highest BCUT2D eigenvalue weighted by Crippen LogP contribution is 2.15. The van der Waals surface area contributed by atoms with Crippen LogP contribution in [-0.2, 0) is 4.79 Å². The highest BCUT2D eigenvalue weighted by atomic mass is 16.1. The molecule has 0 fully saturated rings. The number of nitriles is 1. The Morgan fingerprint density at radius 3 is 2.43 bits per heavy atom. The van der Waals surface area contributed by atoms with Crippen molar-refractivity contribution in [1.29, 1.82) is 5.26 Å². The molecule has 0 aliphatic heterocycles. The van der Waals surface area contributed by atoms with Gasteiger partial charge in [-0.2, -0.15) is 5.26 Å². The number of benzene rings is 1. The van der Waals surface area contributed by atoms with Gasteiger partial charge in [-0.05, 0) is 24.6 Å². The second kappa shape index (κ2) is 8.44. The lowest BCUT2D eigenvalue weighted by atomic mass is 9.91. The van der Waals surface area contributed by atoms with E-state index in [1.54, 1.807) is 55.5 Å². The third-order valence-electron chi connectivity index (χ3n) is 2.99. The molecule has 0 N–H and O–H groups in total. The molecule has 0 amide bonds. The third kappa shape index (κ3) is 4.70. The summed E-state index contributed by atoms with van der Waals surface area (Å²) in [6, 6.07) is 8.31. The number of nitrogens with zero attached hydrogens (tertiary/aromatic N) is 1. The fraction of sp³-hybridized carbons (Fsp3) is 0.167. The van der Waals surface area contributed by atoms with Gasteiger partial charge in [0, 0.05) is 5.56 Å². The molecule has 21 heavy (non-hydrogen) atoms. The maximum absolute atomic E-state index is 12.3. The Balaban J connectivity index is 2.87. The molecule has 0 bridgehead atoms. The van der Waals surface area contributed by atoms with Crippen molar-refractivity contribution in [1.82, 2.24) is 0 Å². The normalized spacial score (nSPS) is 12.2. The van der Waals surface area contributed by atoms with E-state index in [1.165, 1.54) is 6.08 Å². The molecule has 0 aliphatic rings. The first-order valence-corrected chi connectivity index (χ1v) is 6.68. The van der Waals surface area contributed by atoms with Gasteiger partial charge in [-0.15, -0.1) is 0 Å². The summed E-state index contributed by atoms with van der Waals surface area (Å²) in [6.45, 7) is 5.33. The lowest BCUT2D eigenvalue weighted by Gasteiger charge is -2.10. The minimum Gasteiger partial charge on any atom is -0.294 e. The molecule has 1 unspecified atom stereocenters. The molecule has 0 saturated heterocycles. The second-order valence-corrected chi connectivity index (χ2v) is 4.40. The Bertz CT molecular complexity index is 616. The van der Waals surface area contributed by atoms with Crippen molar-refractivity contribution in [3.8, 4) is 6.07 Å². The van der Waals surface area contributed by atoms with E-state index in [-0.39, 0.29) is 11.6 Å². The summed E-state index contributed by atoms with van der Waals surface area (Å²) in [4.78, 5) is 24.4. The number of ketones is 2. The van der Waals surface area contributed by atoms with Crippen LogP contribution in [0.4, 0.5) is 0 Å². The Morgan fingerprint density at radius 2 is 1.90 bits per heavy atom. The summed E-state index contributed by atoms with van der Waals surface area (Å²) in [5.41, 5.74) is 0.935. The predicted molar refractivity (Wildman–Crippen MR) is 82.8 cm³/mol. The van der Waals surface area contributed by atoms with E-state index in [9.17, 15) is 9.59 Å². The smallest absolute Gasteiger partial charge is 0.173 e. The summed E-state index contributed by atoms with van der Waals surface area (Å²) in [5, 5.41) is 8.74. The summed E-state index contributed by atoms with van der Waals surface area (Å²) < 4.78 is 0. The predicted octanol–water partition coefficient (Wildman–Crippen LogP) is 3.63. The van der Waals surface area contributed by atoms with Gasteiger partial charge in [-0.1, -0.05) is 49.9 Å². The molecular weight excluding hydrogens is 262 g/mol. The lowest BCUT2D eigenvalue weighted by molar-refractivity contribution is -0.116. The van der Waals surface area contributed by atoms with Crippen LogP contribution >= 0.6 is 0 Å². The number of carbonyl (C=O) groups is 2. The molecule has 0 heterocycles. The van der Waals surface area contributed by atoms with E-state index < -0.39 is 5.92 Å². The average Bonchev–Trinajstić information content (AvgIpc) is 2.52. The molecule has 0 spiro atoms. The highest BCUT2D eigenvalue weighted by molar-refractivity contribution is 6.13. The number of rotatable bonds is 7. The van der Waals surface area contributed by atoms with Gasteiger partial charge in [0.05, 0.1) is 17.6 Å². The molecule has 1 atom stereocenters. The van der Waals surface area contributed by atoms with Crippen molar-refractivity contribution in [2.75, 3.05) is 0 Å². The Kier molecular flexibility index (Phi) is 6.56. The molecule has 0 saturated carbocycles. The Morgan fingerprint density at radius 1 is 1.24 bits per heavy atom. The van der Waals surface area contributed by atoms with E-state index in [1.807, 2.05) is 6.07 Å². The number of allylic oxidation sites excluding steroid dienone is 5. The maximum atomic E-state index is 12.3. The first kappa shape index (κ1) is 16.3. The van der Waals surface area contributed by atoms with Crippen LogP contribution in [-0.4, -0.2) is 11.6 Å². The summed E-state index contributed by atoms with van der Waals surface area (Å²) in [6.07, 6.45) is 8.42. The van der Waals surface area contributed by atoms with Gasteiger partial charge in [-0.3, -0.25) is 9.59 Å². The van der Waals surface area contributed by atoms with Crippen LogP contribution < -0.4 is 0 Å². The fourth-order valence-electron chi connectivity index (χ4n) is 1.84. The molecule has 0 aromatic heterocycles. The van der Waals surface area contributed by atoms with Crippen molar-refractivity contribution >= 4 is 11.6 Å². The van der Waals surface area contributed by atoms with Crippen molar-refractivity contribution < 1.29 is 9.59 Å². The van der Waals surface area contributed by atoms with E-state index >= 15 is 0 Å². The quantitative estimate of drug-likeness (QED) is 0.331. The topological polar surface area (TPSA) is 57.9 Å². The SMILES string of the molecule is C=C/C=C\C=C\C(=O)C(CC)C(=O)c1ccc(C#N)cc1. The zero-order valence-corrected chi connectivity index (χ0v) is 12.0. The van der Waals surface area contributed by atoms with Crippen LogP contribution in [0.15, 0.2) is 61.2 Å². The summed E-state index contributed by atoms with van der Waals surface area (Å²) in [7, 11) is 0.